The molecule has 3 heteroatoms. The summed E-state index contributed by atoms with van der Waals surface area (Å²) in [6.45, 7) is 1.87. The average molecular weight is 282 g/mol. The predicted octanol–water partition coefficient (Wildman–Crippen LogP) is 3.79. The first-order chi connectivity index (χ1) is 5.16. The van der Waals surface area contributed by atoms with Crippen LogP contribution in [-0.4, -0.2) is 0 Å². The van der Waals surface area contributed by atoms with Gasteiger partial charge in [0.2, 0.25) is 0 Å². The van der Waals surface area contributed by atoms with Crippen LogP contribution in [0.5, 0.6) is 0 Å². The Bertz CT molecular complexity index is 271. The quantitative estimate of drug-likeness (QED) is 0.687. The van der Waals surface area contributed by atoms with Gasteiger partial charge >= 0.3 is 0 Å². The fourth-order valence-electron chi connectivity index (χ4n) is 0.789. The van der Waals surface area contributed by atoms with Gasteiger partial charge in [-0.25, -0.2) is 4.39 Å². The van der Waals surface area contributed by atoms with Crippen molar-refractivity contribution in [1.29, 1.82) is 0 Å². The molecule has 0 radical (unpaired) electrons. The fourth-order valence-corrected chi connectivity index (χ4v) is 1.61. The second-order valence-electron chi connectivity index (χ2n) is 2.30. The summed E-state index contributed by atoms with van der Waals surface area (Å²) in [6.07, 6.45) is 0. The Kier molecular flexibility index (Phi) is 3.07. The minimum Gasteiger partial charge on any atom is -0.205 e. The van der Waals surface area contributed by atoms with Crippen molar-refractivity contribution in [2.45, 2.75) is 12.3 Å². The smallest absolute Gasteiger partial charge is 0.141 e. The van der Waals surface area contributed by atoms with Crippen LogP contribution in [0.2, 0.25) is 0 Å². The standard InChI is InChI=1S/C8H7Br2F/c1-5-2-3-6(4-9)8(11)7(5)10/h2-3H,4H2,1H3. The molecule has 0 aliphatic heterocycles. The summed E-state index contributed by atoms with van der Waals surface area (Å²) >= 11 is 6.38. The van der Waals surface area contributed by atoms with E-state index in [1.54, 1.807) is 6.07 Å². The Morgan fingerprint density at radius 2 is 2.09 bits per heavy atom. The fraction of sp³-hybridized carbons (Fsp3) is 0.250. The molecule has 1 aromatic rings. The van der Waals surface area contributed by atoms with E-state index in [-0.39, 0.29) is 5.82 Å². The molecular weight excluding hydrogens is 275 g/mol. The molecule has 0 fully saturated rings. The summed E-state index contributed by atoms with van der Waals surface area (Å²) in [7, 11) is 0. The second-order valence-corrected chi connectivity index (χ2v) is 3.66. The van der Waals surface area contributed by atoms with E-state index < -0.39 is 0 Å². The molecule has 0 unspecified atom stereocenters. The van der Waals surface area contributed by atoms with E-state index in [4.69, 9.17) is 0 Å². The number of rotatable bonds is 1. The molecule has 0 N–H and O–H groups in total. The van der Waals surface area contributed by atoms with Crippen LogP contribution in [0, 0.1) is 12.7 Å². The second kappa shape index (κ2) is 3.68. The van der Waals surface area contributed by atoms with Crippen LogP contribution in [0.25, 0.3) is 0 Å². The van der Waals surface area contributed by atoms with E-state index in [1.807, 2.05) is 13.0 Å². The number of halogens is 3. The first-order valence-electron chi connectivity index (χ1n) is 3.16. The monoisotopic (exact) mass is 280 g/mol. The van der Waals surface area contributed by atoms with E-state index in [2.05, 4.69) is 31.9 Å². The highest BCUT2D eigenvalue weighted by Gasteiger charge is 2.06. The third-order valence-electron chi connectivity index (χ3n) is 1.50. The SMILES string of the molecule is Cc1ccc(CBr)c(F)c1Br. The molecule has 0 amide bonds. The molecule has 0 saturated heterocycles. The van der Waals surface area contributed by atoms with Crippen LogP contribution in [0.4, 0.5) is 4.39 Å². The Morgan fingerprint density at radius 1 is 1.45 bits per heavy atom. The normalized spacial score (nSPS) is 10.2. The lowest BCUT2D eigenvalue weighted by Crippen LogP contribution is -1.89. The van der Waals surface area contributed by atoms with Gasteiger partial charge in [0.05, 0.1) is 4.47 Å². The summed E-state index contributed by atoms with van der Waals surface area (Å²) in [5.41, 5.74) is 1.61. The molecule has 0 aromatic heterocycles. The van der Waals surface area contributed by atoms with Gasteiger partial charge in [-0.05, 0) is 34.0 Å². The highest BCUT2D eigenvalue weighted by atomic mass is 79.9. The van der Waals surface area contributed by atoms with Crippen molar-refractivity contribution in [2.24, 2.45) is 0 Å². The molecule has 0 bridgehead atoms. The summed E-state index contributed by atoms with van der Waals surface area (Å²) < 4.78 is 13.8. The van der Waals surface area contributed by atoms with Crippen molar-refractivity contribution < 1.29 is 4.39 Å². The van der Waals surface area contributed by atoms with Crippen LogP contribution in [0.3, 0.4) is 0 Å². The maximum Gasteiger partial charge on any atom is 0.141 e. The van der Waals surface area contributed by atoms with E-state index in [0.29, 0.717) is 15.4 Å². The van der Waals surface area contributed by atoms with Crippen LogP contribution >= 0.6 is 31.9 Å². The first-order valence-corrected chi connectivity index (χ1v) is 5.07. The Morgan fingerprint density at radius 3 is 2.64 bits per heavy atom. The molecule has 0 atom stereocenters. The van der Waals surface area contributed by atoms with Gasteiger partial charge in [-0.2, -0.15) is 0 Å². The first kappa shape index (κ1) is 9.20. The zero-order valence-electron chi connectivity index (χ0n) is 6.00. The Labute approximate surface area is 82.1 Å². The van der Waals surface area contributed by atoms with Gasteiger partial charge in [0.15, 0.2) is 0 Å². The molecule has 0 aliphatic carbocycles. The van der Waals surface area contributed by atoms with Gasteiger partial charge < -0.3 is 0 Å². The zero-order valence-corrected chi connectivity index (χ0v) is 9.17. The number of hydrogen-bond acceptors (Lipinski definition) is 0. The number of benzene rings is 1. The molecule has 11 heavy (non-hydrogen) atoms. The number of alkyl halides is 1. The topological polar surface area (TPSA) is 0 Å². The van der Waals surface area contributed by atoms with Gasteiger partial charge in [-0.15, -0.1) is 0 Å². The number of hydrogen-bond donors (Lipinski definition) is 0. The van der Waals surface area contributed by atoms with Gasteiger partial charge in [0.25, 0.3) is 0 Å². The highest BCUT2D eigenvalue weighted by Crippen LogP contribution is 2.24. The highest BCUT2D eigenvalue weighted by molar-refractivity contribution is 9.10. The van der Waals surface area contributed by atoms with E-state index in [9.17, 15) is 4.39 Å². The molecule has 1 aromatic carbocycles. The molecule has 0 spiro atoms. The molecular formula is C8H7Br2F. The third kappa shape index (κ3) is 1.82. The maximum atomic E-state index is 13.2. The Hall–Kier alpha value is 0.110. The molecule has 0 nitrogen and oxygen atoms in total. The lowest BCUT2D eigenvalue weighted by atomic mass is 10.2. The van der Waals surface area contributed by atoms with E-state index in [1.165, 1.54) is 0 Å². The van der Waals surface area contributed by atoms with Crippen molar-refractivity contribution in [2.75, 3.05) is 0 Å². The minimum atomic E-state index is -0.165. The average Bonchev–Trinajstić information content (AvgIpc) is 2.01. The predicted molar refractivity (Wildman–Crippen MR) is 51.5 cm³/mol. The summed E-state index contributed by atoms with van der Waals surface area (Å²) in [6, 6.07) is 3.67. The molecule has 60 valence electrons. The van der Waals surface area contributed by atoms with Crippen LogP contribution in [-0.2, 0) is 5.33 Å². The van der Waals surface area contributed by atoms with Gasteiger partial charge in [0, 0.05) is 5.33 Å². The summed E-state index contributed by atoms with van der Waals surface area (Å²) in [4.78, 5) is 0. The van der Waals surface area contributed by atoms with Crippen molar-refractivity contribution in [3.63, 3.8) is 0 Å². The minimum absolute atomic E-state index is 0.165. The van der Waals surface area contributed by atoms with Crippen molar-refractivity contribution >= 4 is 31.9 Å². The van der Waals surface area contributed by atoms with Crippen LogP contribution in [0.1, 0.15) is 11.1 Å². The zero-order chi connectivity index (χ0) is 8.43. The lowest BCUT2D eigenvalue weighted by molar-refractivity contribution is 0.609. The lowest BCUT2D eigenvalue weighted by Gasteiger charge is -2.03. The van der Waals surface area contributed by atoms with Crippen LogP contribution in [0.15, 0.2) is 16.6 Å². The van der Waals surface area contributed by atoms with E-state index in [0.717, 1.165) is 5.56 Å². The van der Waals surface area contributed by atoms with Crippen molar-refractivity contribution in [3.8, 4) is 0 Å². The van der Waals surface area contributed by atoms with Crippen molar-refractivity contribution in [3.05, 3.63) is 33.5 Å². The van der Waals surface area contributed by atoms with Gasteiger partial charge in [-0.3, -0.25) is 0 Å². The molecule has 0 saturated carbocycles. The summed E-state index contributed by atoms with van der Waals surface area (Å²) in [5.74, 6) is -0.165. The third-order valence-corrected chi connectivity index (χ3v) is 3.08. The number of aryl methyl sites for hydroxylation is 1. The van der Waals surface area contributed by atoms with Crippen LogP contribution < -0.4 is 0 Å². The molecule has 1 rings (SSSR count). The van der Waals surface area contributed by atoms with Crippen molar-refractivity contribution in [1.82, 2.24) is 0 Å². The Balaban J connectivity index is 3.25. The maximum absolute atomic E-state index is 13.2. The largest absolute Gasteiger partial charge is 0.205 e. The molecule has 0 aliphatic rings. The molecule has 0 heterocycles. The van der Waals surface area contributed by atoms with E-state index >= 15 is 0 Å². The van der Waals surface area contributed by atoms with Gasteiger partial charge in [0.1, 0.15) is 5.82 Å². The summed E-state index contributed by atoms with van der Waals surface area (Å²) in [5, 5.41) is 0.553. The van der Waals surface area contributed by atoms with Gasteiger partial charge in [-0.1, -0.05) is 28.1 Å².